The fraction of sp³-hybridized carbons (Fsp3) is 0.778. The standard InChI is InChI=1S/C9H17N3O/c1-4-10-9(13)12-11-8-5-6(2)7(8)3/h6-7H,4-5H2,1-3H3,(H2,10,12,13)/b11-8-. The zero-order valence-electron chi connectivity index (χ0n) is 8.42. The molecule has 0 aromatic carbocycles. The first-order chi connectivity index (χ1) is 6.15. The van der Waals surface area contributed by atoms with E-state index in [1.807, 2.05) is 6.92 Å². The van der Waals surface area contributed by atoms with Gasteiger partial charge in [0.2, 0.25) is 0 Å². The second-order valence-electron chi connectivity index (χ2n) is 3.54. The van der Waals surface area contributed by atoms with Gasteiger partial charge in [0.1, 0.15) is 0 Å². The number of rotatable bonds is 2. The minimum Gasteiger partial charge on any atom is -0.337 e. The Hall–Kier alpha value is -1.06. The van der Waals surface area contributed by atoms with Crippen LogP contribution in [0.3, 0.4) is 0 Å². The minimum atomic E-state index is -0.221. The predicted octanol–water partition coefficient (Wildman–Crippen LogP) is 1.34. The van der Waals surface area contributed by atoms with Crippen LogP contribution in [-0.4, -0.2) is 18.3 Å². The number of carbonyl (C=O) groups is 1. The van der Waals surface area contributed by atoms with Crippen LogP contribution in [0.25, 0.3) is 0 Å². The third-order valence-electron chi connectivity index (χ3n) is 2.55. The SMILES string of the molecule is CCNC(=O)N/N=C1/CC(C)C1C. The summed E-state index contributed by atoms with van der Waals surface area (Å²) in [6.45, 7) is 6.83. The summed E-state index contributed by atoms with van der Waals surface area (Å²) in [5, 5.41) is 6.65. The van der Waals surface area contributed by atoms with E-state index in [0.717, 1.165) is 12.1 Å². The summed E-state index contributed by atoms with van der Waals surface area (Å²) in [5.41, 5.74) is 3.57. The lowest BCUT2D eigenvalue weighted by Gasteiger charge is -2.32. The van der Waals surface area contributed by atoms with Crippen LogP contribution in [0, 0.1) is 11.8 Å². The first-order valence-corrected chi connectivity index (χ1v) is 4.75. The predicted molar refractivity (Wildman–Crippen MR) is 52.6 cm³/mol. The van der Waals surface area contributed by atoms with Gasteiger partial charge in [0.25, 0.3) is 0 Å². The maximum Gasteiger partial charge on any atom is 0.335 e. The van der Waals surface area contributed by atoms with Crippen molar-refractivity contribution >= 4 is 11.7 Å². The Labute approximate surface area is 78.8 Å². The van der Waals surface area contributed by atoms with Gasteiger partial charge in [-0.2, -0.15) is 5.10 Å². The maximum atomic E-state index is 10.9. The lowest BCUT2D eigenvalue weighted by atomic mass is 9.74. The molecule has 4 heteroatoms. The molecule has 1 rings (SSSR count). The van der Waals surface area contributed by atoms with Crippen molar-refractivity contribution in [2.75, 3.05) is 6.54 Å². The normalized spacial score (nSPS) is 29.6. The Morgan fingerprint density at radius 2 is 2.31 bits per heavy atom. The molecule has 2 amide bonds. The second kappa shape index (κ2) is 4.25. The van der Waals surface area contributed by atoms with Crippen LogP contribution < -0.4 is 10.7 Å². The molecule has 0 aliphatic heterocycles. The van der Waals surface area contributed by atoms with Gasteiger partial charge in [-0.15, -0.1) is 0 Å². The van der Waals surface area contributed by atoms with Crippen LogP contribution in [0.5, 0.6) is 0 Å². The second-order valence-corrected chi connectivity index (χ2v) is 3.54. The topological polar surface area (TPSA) is 53.5 Å². The zero-order chi connectivity index (χ0) is 9.84. The first-order valence-electron chi connectivity index (χ1n) is 4.75. The Bertz CT molecular complexity index is 225. The lowest BCUT2D eigenvalue weighted by Crippen LogP contribution is -2.38. The summed E-state index contributed by atoms with van der Waals surface area (Å²) < 4.78 is 0. The Morgan fingerprint density at radius 3 is 2.77 bits per heavy atom. The molecule has 1 saturated carbocycles. The minimum absolute atomic E-state index is 0.221. The third kappa shape index (κ3) is 2.44. The van der Waals surface area contributed by atoms with Gasteiger partial charge in [0.15, 0.2) is 0 Å². The van der Waals surface area contributed by atoms with Crippen molar-refractivity contribution in [2.45, 2.75) is 27.2 Å². The Morgan fingerprint density at radius 1 is 1.62 bits per heavy atom. The van der Waals surface area contributed by atoms with Gasteiger partial charge in [0, 0.05) is 12.3 Å². The van der Waals surface area contributed by atoms with E-state index in [1.54, 1.807) is 0 Å². The average Bonchev–Trinajstić information content (AvgIpc) is 2.12. The highest BCUT2D eigenvalue weighted by atomic mass is 16.2. The molecule has 1 fully saturated rings. The summed E-state index contributed by atoms with van der Waals surface area (Å²) in [7, 11) is 0. The summed E-state index contributed by atoms with van der Waals surface area (Å²) in [6, 6.07) is -0.221. The quantitative estimate of drug-likeness (QED) is 0.623. The molecule has 0 radical (unpaired) electrons. The number of nitrogens with zero attached hydrogens (tertiary/aromatic N) is 1. The maximum absolute atomic E-state index is 10.9. The molecule has 2 unspecified atom stereocenters. The number of carbonyl (C=O) groups excluding carboxylic acids is 1. The largest absolute Gasteiger partial charge is 0.337 e. The third-order valence-corrected chi connectivity index (χ3v) is 2.55. The van der Waals surface area contributed by atoms with Crippen molar-refractivity contribution < 1.29 is 4.79 Å². The number of hydrogen-bond donors (Lipinski definition) is 2. The smallest absolute Gasteiger partial charge is 0.335 e. The molecule has 74 valence electrons. The highest BCUT2D eigenvalue weighted by molar-refractivity contribution is 5.93. The van der Waals surface area contributed by atoms with E-state index in [4.69, 9.17) is 0 Å². The van der Waals surface area contributed by atoms with E-state index < -0.39 is 0 Å². The molecular weight excluding hydrogens is 166 g/mol. The van der Waals surface area contributed by atoms with E-state index in [0.29, 0.717) is 18.4 Å². The van der Waals surface area contributed by atoms with Crippen molar-refractivity contribution in [3.63, 3.8) is 0 Å². The van der Waals surface area contributed by atoms with E-state index in [9.17, 15) is 4.79 Å². The van der Waals surface area contributed by atoms with Crippen LogP contribution in [0.1, 0.15) is 27.2 Å². The lowest BCUT2D eigenvalue weighted by molar-refractivity contribution is 0.241. The summed E-state index contributed by atoms with van der Waals surface area (Å²) in [4.78, 5) is 10.9. The molecule has 0 spiro atoms. The van der Waals surface area contributed by atoms with Crippen molar-refractivity contribution in [3.8, 4) is 0 Å². The van der Waals surface area contributed by atoms with Crippen LogP contribution in [0.2, 0.25) is 0 Å². The van der Waals surface area contributed by atoms with E-state index in [-0.39, 0.29) is 6.03 Å². The van der Waals surface area contributed by atoms with Crippen LogP contribution in [0.4, 0.5) is 4.79 Å². The van der Waals surface area contributed by atoms with Gasteiger partial charge < -0.3 is 5.32 Å². The molecule has 0 aromatic heterocycles. The highest BCUT2D eigenvalue weighted by Crippen LogP contribution is 2.30. The number of nitrogens with one attached hydrogen (secondary N) is 2. The monoisotopic (exact) mass is 183 g/mol. The van der Waals surface area contributed by atoms with E-state index >= 15 is 0 Å². The molecule has 0 bridgehead atoms. The van der Waals surface area contributed by atoms with Gasteiger partial charge in [-0.3, -0.25) is 0 Å². The summed E-state index contributed by atoms with van der Waals surface area (Å²) in [5.74, 6) is 1.22. The van der Waals surface area contributed by atoms with Gasteiger partial charge in [0.05, 0.1) is 0 Å². The fourth-order valence-electron chi connectivity index (χ4n) is 1.33. The molecule has 0 heterocycles. The molecule has 1 aliphatic rings. The fourth-order valence-corrected chi connectivity index (χ4v) is 1.33. The molecule has 13 heavy (non-hydrogen) atoms. The van der Waals surface area contributed by atoms with E-state index in [2.05, 4.69) is 29.7 Å². The van der Waals surface area contributed by atoms with Crippen LogP contribution in [0.15, 0.2) is 5.10 Å². The average molecular weight is 183 g/mol. The zero-order valence-corrected chi connectivity index (χ0v) is 8.42. The Kier molecular flexibility index (Phi) is 3.28. The Balaban J connectivity index is 2.29. The highest BCUT2D eigenvalue weighted by Gasteiger charge is 2.30. The molecule has 0 saturated heterocycles. The van der Waals surface area contributed by atoms with Crippen molar-refractivity contribution in [3.05, 3.63) is 0 Å². The molecule has 2 atom stereocenters. The van der Waals surface area contributed by atoms with Gasteiger partial charge in [-0.05, 0) is 25.2 Å². The number of hydrazone groups is 1. The molecule has 0 aromatic rings. The molecular formula is C9H17N3O. The molecule has 4 nitrogen and oxygen atoms in total. The summed E-state index contributed by atoms with van der Waals surface area (Å²) >= 11 is 0. The number of hydrogen-bond acceptors (Lipinski definition) is 2. The van der Waals surface area contributed by atoms with Gasteiger partial charge in [-0.25, -0.2) is 10.2 Å². The van der Waals surface area contributed by atoms with Crippen LogP contribution in [-0.2, 0) is 0 Å². The van der Waals surface area contributed by atoms with E-state index in [1.165, 1.54) is 0 Å². The molecule has 2 N–H and O–H groups in total. The van der Waals surface area contributed by atoms with Crippen molar-refractivity contribution in [1.82, 2.24) is 10.7 Å². The van der Waals surface area contributed by atoms with Crippen molar-refractivity contribution in [1.29, 1.82) is 0 Å². The van der Waals surface area contributed by atoms with Crippen LogP contribution >= 0.6 is 0 Å². The van der Waals surface area contributed by atoms with Gasteiger partial charge >= 0.3 is 6.03 Å². The van der Waals surface area contributed by atoms with Crippen molar-refractivity contribution in [2.24, 2.45) is 16.9 Å². The van der Waals surface area contributed by atoms with Gasteiger partial charge in [-0.1, -0.05) is 13.8 Å². The first kappa shape index (κ1) is 10.0. The summed E-state index contributed by atoms with van der Waals surface area (Å²) in [6.07, 6.45) is 1.01. The molecule has 1 aliphatic carbocycles. The number of urea groups is 1. The number of amides is 2.